The van der Waals surface area contributed by atoms with Crippen LogP contribution in [0.1, 0.15) is 17.2 Å². The molecule has 0 saturated carbocycles. The maximum atomic E-state index is 14.2. The molecule has 3 rings (SSSR count). The quantitative estimate of drug-likeness (QED) is 0.655. The van der Waals surface area contributed by atoms with Crippen molar-refractivity contribution in [2.24, 2.45) is 5.73 Å². The Kier molecular flexibility index (Phi) is 3.54. The molecule has 20 heavy (non-hydrogen) atoms. The van der Waals surface area contributed by atoms with Gasteiger partial charge in [-0.05, 0) is 28.1 Å². The van der Waals surface area contributed by atoms with Crippen molar-refractivity contribution in [3.63, 3.8) is 0 Å². The molecule has 0 aliphatic heterocycles. The van der Waals surface area contributed by atoms with Gasteiger partial charge in [0.15, 0.2) is 0 Å². The molecule has 2 aromatic carbocycles. The van der Waals surface area contributed by atoms with E-state index in [9.17, 15) is 4.39 Å². The molecule has 102 valence electrons. The van der Waals surface area contributed by atoms with E-state index in [1.54, 1.807) is 18.4 Å². The minimum absolute atomic E-state index is 0.0331. The summed E-state index contributed by atoms with van der Waals surface area (Å²) in [5, 5.41) is 0.907. The van der Waals surface area contributed by atoms with Gasteiger partial charge in [0.25, 0.3) is 0 Å². The summed E-state index contributed by atoms with van der Waals surface area (Å²) < 4.78 is 20.2. The van der Waals surface area contributed by atoms with Gasteiger partial charge in [-0.1, -0.05) is 35.9 Å². The average molecular weight is 355 g/mol. The minimum Gasteiger partial charge on any atom is -0.464 e. The van der Waals surface area contributed by atoms with E-state index < -0.39 is 11.9 Å². The number of benzene rings is 2. The van der Waals surface area contributed by atoms with Gasteiger partial charge >= 0.3 is 0 Å². The van der Waals surface area contributed by atoms with Crippen molar-refractivity contribution in [1.82, 2.24) is 0 Å². The summed E-state index contributed by atoms with van der Waals surface area (Å²) >= 11 is 9.09. The summed E-state index contributed by atoms with van der Waals surface area (Å²) in [6, 6.07) is 10.2. The second kappa shape index (κ2) is 5.20. The number of hydrogen-bond acceptors (Lipinski definition) is 2. The lowest BCUT2D eigenvalue weighted by atomic mass is 9.98. The first kappa shape index (κ1) is 13.6. The monoisotopic (exact) mass is 353 g/mol. The molecular weight excluding hydrogens is 345 g/mol. The molecule has 3 aromatic rings. The maximum absolute atomic E-state index is 14.2. The summed E-state index contributed by atoms with van der Waals surface area (Å²) in [7, 11) is 0. The fourth-order valence-electron chi connectivity index (χ4n) is 2.19. The highest BCUT2D eigenvalue weighted by Gasteiger charge is 2.20. The molecule has 0 aliphatic carbocycles. The summed E-state index contributed by atoms with van der Waals surface area (Å²) in [6.45, 7) is 0. The maximum Gasteiger partial charge on any atom is 0.148 e. The van der Waals surface area contributed by atoms with Crippen LogP contribution < -0.4 is 5.73 Å². The summed E-state index contributed by atoms with van der Waals surface area (Å²) in [5.41, 5.74) is 7.97. The van der Waals surface area contributed by atoms with Crippen LogP contribution in [0.5, 0.6) is 0 Å². The fourth-order valence-corrected chi connectivity index (χ4v) is 2.67. The van der Waals surface area contributed by atoms with E-state index in [4.69, 9.17) is 21.8 Å². The molecule has 0 radical (unpaired) electrons. The predicted octanol–water partition coefficient (Wildman–Crippen LogP) is 5.04. The SMILES string of the molecule is NC(c1ccc(Br)c(Cl)c1F)c1coc2ccccc12. The highest BCUT2D eigenvalue weighted by Crippen LogP contribution is 2.34. The molecule has 2 nitrogen and oxygen atoms in total. The van der Waals surface area contributed by atoms with Crippen molar-refractivity contribution in [2.45, 2.75) is 6.04 Å². The Morgan fingerprint density at radius 1 is 1.15 bits per heavy atom. The second-order valence-electron chi connectivity index (χ2n) is 4.43. The molecule has 1 heterocycles. The molecular formula is C15H10BrClFNO. The molecule has 0 spiro atoms. The number of nitrogens with two attached hydrogens (primary N) is 1. The van der Waals surface area contributed by atoms with Gasteiger partial charge in [-0.2, -0.15) is 0 Å². The number of para-hydroxylation sites is 1. The van der Waals surface area contributed by atoms with Crippen LogP contribution in [0.2, 0.25) is 5.02 Å². The Morgan fingerprint density at radius 3 is 2.70 bits per heavy atom. The third kappa shape index (κ3) is 2.14. The lowest BCUT2D eigenvalue weighted by molar-refractivity contribution is 0.589. The van der Waals surface area contributed by atoms with Crippen LogP contribution in [0.25, 0.3) is 11.0 Å². The van der Waals surface area contributed by atoms with Crippen molar-refractivity contribution < 1.29 is 8.81 Å². The molecule has 0 amide bonds. The third-order valence-corrected chi connectivity index (χ3v) is 4.50. The van der Waals surface area contributed by atoms with Crippen molar-refractivity contribution in [2.75, 3.05) is 0 Å². The number of rotatable bonds is 2. The molecule has 1 unspecified atom stereocenters. The van der Waals surface area contributed by atoms with Crippen LogP contribution in [-0.4, -0.2) is 0 Å². The number of furan rings is 1. The van der Waals surface area contributed by atoms with E-state index >= 15 is 0 Å². The van der Waals surface area contributed by atoms with Gasteiger partial charge in [0.05, 0.1) is 17.3 Å². The summed E-state index contributed by atoms with van der Waals surface area (Å²) in [6.07, 6.45) is 1.56. The molecule has 0 fully saturated rings. The van der Waals surface area contributed by atoms with Crippen LogP contribution in [0.3, 0.4) is 0 Å². The van der Waals surface area contributed by atoms with Crippen LogP contribution in [0.15, 0.2) is 51.6 Å². The lowest BCUT2D eigenvalue weighted by Gasteiger charge is -2.13. The first-order valence-electron chi connectivity index (χ1n) is 5.94. The first-order valence-corrected chi connectivity index (χ1v) is 7.12. The zero-order valence-electron chi connectivity index (χ0n) is 10.2. The Bertz CT molecular complexity index is 787. The van der Waals surface area contributed by atoms with E-state index in [0.29, 0.717) is 10.0 Å². The van der Waals surface area contributed by atoms with Crippen molar-refractivity contribution >= 4 is 38.5 Å². The topological polar surface area (TPSA) is 39.2 Å². The van der Waals surface area contributed by atoms with Gasteiger partial charge < -0.3 is 10.2 Å². The molecule has 2 N–H and O–H groups in total. The largest absolute Gasteiger partial charge is 0.464 e. The van der Waals surface area contributed by atoms with Crippen molar-refractivity contribution in [3.05, 3.63) is 69.1 Å². The van der Waals surface area contributed by atoms with E-state index in [-0.39, 0.29) is 5.02 Å². The summed E-state index contributed by atoms with van der Waals surface area (Å²) in [5.74, 6) is -0.515. The van der Waals surface area contributed by atoms with Gasteiger partial charge in [-0.25, -0.2) is 4.39 Å². The van der Waals surface area contributed by atoms with E-state index in [2.05, 4.69) is 15.9 Å². The number of halogens is 3. The lowest BCUT2D eigenvalue weighted by Crippen LogP contribution is -2.13. The molecule has 0 aliphatic rings. The predicted molar refractivity (Wildman–Crippen MR) is 81.4 cm³/mol. The molecule has 1 atom stereocenters. The third-order valence-electron chi connectivity index (χ3n) is 3.25. The second-order valence-corrected chi connectivity index (χ2v) is 5.66. The van der Waals surface area contributed by atoms with Crippen LogP contribution in [-0.2, 0) is 0 Å². The van der Waals surface area contributed by atoms with E-state index in [1.807, 2.05) is 24.3 Å². The molecule has 5 heteroatoms. The van der Waals surface area contributed by atoms with Crippen LogP contribution in [0, 0.1) is 5.82 Å². The average Bonchev–Trinajstić information content (AvgIpc) is 2.88. The number of fused-ring (bicyclic) bond motifs is 1. The normalized spacial score (nSPS) is 12.8. The Balaban J connectivity index is 2.13. The van der Waals surface area contributed by atoms with Crippen LogP contribution >= 0.6 is 27.5 Å². The van der Waals surface area contributed by atoms with Gasteiger partial charge in [0.2, 0.25) is 0 Å². The highest BCUT2D eigenvalue weighted by atomic mass is 79.9. The standard InChI is InChI=1S/C15H10BrClFNO/c16-11-6-5-9(14(18)13(11)17)15(19)10-7-20-12-4-2-1-3-8(10)12/h1-7,15H,19H2. The Labute approximate surface area is 128 Å². The fraction of sp³-hybridized carbons (Fsp3) is 0.0667. The van der Waals surface area contributed by atoms with Gasteiger partial charge in [0.1, 0.15) is 11.4 Å². The Hall–Kier alpha value is -1.36. The van der Waals surface area contributed by atoms with E-state index in [0.717, 1.165) is 16.5 Å². The van der Waals surface area contributed by atoms with Gasteiger partial charge in [-0.15, -0.1) is 0 Å². The summed E-state index contributed by atoms with van der Waals surface area (Å²) in [4.78, 5) is 0. The smallest absolute Gasteiger partial charge is 0.148 e. The highest BCUT2D eigenvalue weighted by molar-refractivity contribution is 9.10. The van der Waals surface area contributed by atoms with Crippen molar-refractivity contribution in [1.29, 1.82) is 0 Å². The molecule has 0 saturated heterocycles. The molecule has 1 aromatic heterocycles. The minimum atomic E-state index is -0.635. The zero-order valence-corrected chi connectivity index (χ0v) is 12.6. The first-order chi connectivity index (χ1) is 9.59. The van der Waals surface area contributed by atoms with E-state index in [1.165, 1.54) is 0 Å². The molecule has 0 bridgehead atoms. The van der Waals surface area contributed by atoms with Crippen molar-refractivity contribution in [3.8, 4) is 0 Å². The van der Waals surface area contributed by atoms with Gasteiger partial charge in [-0.3, -0.25) is 0 Å². The Morgan fingerprint density at radius 2 is 1.90 bits per heavy atom. The zero-order chi connectivity index (χ0) is 14.3. The van der Waals surface area contributed by atoms with Gasteiger partial charge in [0, 0.05) is 21.0 Å². The van der Waals surface area contributed by atoms with Crippen LogP contribution in [0.4, 0.5) is 4.39 Å². The number of hydrogen-bond donors (Lipinski definition) is 1.